The van der Waals surface area contributed by atoms with Crippen molar-refractivity contribution in [1.29, 1.82) is 0 Å². The van der Waals surface area contributed by atoms with Crippen molar-refractivity contribution in [3.63, 3.8) is 0 Å². The summed E-state index contributed by atoms with van der Waals surface area (Å²) in [6.07, 6.45) is 7.55. The van der Waals surface area contributed by atoms with Gasteiger partial charge in [0.25, 0.3) is 5.91 Å². The number of hydrogen-bond donors (Lipinski definition) is 6. The van der Waals surface area contributed by atoms with Crippen molar-refractivity contribution in [3.05, 3.63) is 65.1 Å². The van der Waals surface area contributed by atoms with E-state index in [1.165, 1.54) is 10.3 Å². The zero-order valence-electron chi connectivity index (χ0n) is 24.2. The molecule has 7 N–H and O–H groups in total. The highest BCUT2D eigenvalue weighted by atomic mass is 32.1. The molecule has 0 unspecified atom stereocenters. The van der Waals surface area contributed by atoms with E-state index in [0.29, 0.717) is 35.6 Å². The highest BCUT2D eigenvalue weighted by Crippen LogP contribution is 2.35. The first-order valence-electron chi connectivity index (χ1n) is 13.4. The quantitative estimate of drug-likeness (QED) is 0.129. The summed E-state index contributed by atoms with van der Waals surface area (Å²) in [5.41, 5.74) is 10.7. The molecule has 2 aliphatic rings. The molecule has 222 valence electrons. The summed E-state index contributed by atoms with van der Waals surface area (Å²) in [5.74, 6) is -0.00915. The van der Waals surface area contributed by atoms with Gasteiger partial charge in [0.15, 0.2) is 12.1 Å². The molecule has 0 spiro atoms. The number of thiocarbonyl (C=S) groups is 1. The van der Waals surface area contributed by atoms with Crippen molar-refractivity contribution in [2.24, 2.45) is 11.7 Å². The van der Waals surface area contributed by atoms with Gasteiger partial charge in [-0.25, -0.2) is 0 Å². The van der Waals surface area contributed by atoms with Gasteiger partial charge >= 0.3 is 0 Å². The Morgan fingerprint density at radius 2 is 1.90 bits per heavy atom. The zero-order chi connectivity index (χ0) is 30.6. The molecule has 12 nitrogen and oxygen atoms in total. The van der Waals surface area contributed by atoms with Gasteiger partial charge in [-0.3, -0.25) is 14.4 Å². The van der Waals surface area contributed by atoms with Crippen molar-refractivity contribution in [3.8, 4) is 0 Å². The van der Waals surface area contributed by atoms with Crippen LogP contribution in [0.5, 0.6) is 0 Å². The molecular weight excluding hydrogens is 554 g/mol. The monoisotopic (exact) mass is 591 g/mol. The Kier molecular flexibility index (Phi) is 11.7. The highest BCUT2D eigenvalue weighted by molar-refractivity contribution is 7.79. The van der Waals surface area contributed by atoms with Gasteiger partial charge in [-0.1, -0.05) is 30.4 Å². The van der Waals surface area contributed by atoms with Crippen molar-refractivity contribution >= 4 is 64.1 Å². The van der Waals surface area contributed by atoms with Crippen LogP contribution in [0.3, 0.4) is 0 Å². The Hall–Kier alpha value is -4.62. The van der Waals surface area contributed by atoms with Crippen LogP contribution < -0.4 is 32.3 Å². The molecule has 4 rings (SSSR count). The lowest BCUT2D eigenvalue weighted by Gasteiger charge is -2.24. The number of nitrogens with two attached hydrogens (primary N) is 1. The second-order valence-electron chi connectivity index (χ2n) is 9.68. The molecule has 1 aromatic carbocycles. The molecule has 0 radical (unpaired) electrons. The van der Waals surface area contributed by atoms with Crippen LogP contribution in [0.1, 0.15) is 28.9 Å². The number of para-hydroxylation sites is 1. The van der Waals surface area contributed by atoms with Crippen LogP contribution in [0.2, 0.25) is 0 Å². The van der Waals surface area contributed by atoms with Gasteiger partial charge in [0.05, 0.1) is 23.6 Å². The van der Waals surface area contributed by atoms with Gasteiger partial charge in [-0.05, 0) is 50.7 Å². The second kappa shape index (κ2) is 15.4. The number of anilines is 4. The Bertz CT molecular complexity index is 1420. The first kappa shape index (κ1) is 31.9. The number of amides is 2. The molecule has 1 saturated carbocycles. The van der Waals surface area contributed by atoms with E-state index < -0.39 is 0 Å². The third-order valence-electron chi connectivity index (χ3n) is 6.26. The number of benzene rings is 1. The summed E-state index contributed by atoms with van der Waals surface area (Å²) < 4.78 is 0. The normalized spacial score (nSPS) is 14.1. The third kappa shape index (κ3) is 8.44. The molecule has 2 heterocycles. The number of carbonyl (C=O) groups excluding carboxylic acids is 3. The van der Waals surface area contributed by atoms with Gasteiger partial charge in [0.1, 0.15) is 11.4 Å². The standard InChI is InChI=1S/C27H30N8O3S.C2H7N/c1-29-25-19(17-8-9-21(30-13-17)27(38)35(2)14-18(28)10-11-39)4-3-5-20(25)31-22-12-24(34-33-23(22)15-36)32-26(37)16-6-7-16;1-3-2/h3-5,8-12,15-16,29-30H,6-7,13-14,28H2,1-2H3,(H2,31,32,34,37);3H,1-2H3/b18-10-;. The van der Waals surface area contributed by atoms with Crippen LogP contribution >= 0.6 is 12.2 Å². The smallest absolute Gasteiger partial charge is 0.270 e. The Labute approximate surface area is 250 Å². The summed E-state index contributed by atoms with van der Waals surface area (Å²) in [6.45, 7) is 0.681. The minimum Gasteiger partial charge on any atom is -0.401 e. The Morgan fingerprint density at radius 3 is 2.50 bits per heavy atom. The number of rotatable bonds is 11. The second-order valence-corrected chi connectivity index (χ2v) is 9.95. The Morgan fingerprint density at radius 1 is 1.17 bits per heavy atom. The third-order valence-corrected chi connectivity index (χ3v) is 6.40. The molecule has 0 bridgehead atoms. The van der Waals surface area contributed by atoms with Gasteiger partial charge in [0.2, 0.25) is 5.91 Å². The number of allylic oxidation sites excluding steroid dienone is 3. The molecule has 1 aliphatic carbocycles. The summed E-state index contributed by atoms with van der Waals surface area (Å²) >= 11 is 4.78. The predicted molar refractivity (Wildman–Crippen MR) is 171 cm³/mol. The molecule has 0 saturated heterocycles. The van der Waals surface area contributed by atoms with Gasteiger partial charge in [-0.2, -0.15) is 0 Å². The van der Waals surface area contributed by atoms with Crippen molar-refractivity contribution < 1.29 is 14.4 Å². The van der Waals surface area contributed by atoms with Crippen LogP contribution in [0, 0.1) is 5.92 Å². The maximum absolute atomic E-state index is 12.8. The minimum absolute atomic E-state index is 0.00904. The van der Waals surface area contributed by atoms with E-state index in [-0.39, 0.29) is 35.8 Å². The molecule has 42 heavy (non-hydrogen) atoms. The first-order valence-corrected chi connectivity index (χ1v) is 13.8. The maximum Gasteiger partial charge on any atom is 0.270 e. The minimum atomic E-state index is -0.188. The fraction of sp³-hybridized carbons (Fsp3) is 0.310. The summed E-state index contributed by atoms with van der Waals surface area (Å²) in [7, 11) is 7.22. The molecule has 2 aromatic rings. The Balaban J connectivity index is 0.00000155. The lowest BCUT2D eigenvalue weighted by Crippen LogP contribution is -2.37. The summed E-state index contributed by atoms with van der Waals surface area (Å²) in [4.78, 5) is 38.1. The molecule has 1 aromatic heterocycles. The van der Waals surface area contributed by atoms with E-state index in [0.717, 1.165) is 29.7 Å². The van der Waals surface area contributed by atoms with E-state index in [1.807, 2.05) is 38.4 Å². The van der Waals surface area contributed by atoms with E-state index in [9.17, 15) is 14.4 Å². The molecule has 2 amide bonds. The predicted octanol–water partition coefficient (Wildman–Crippen LogP) is 2.43. The van der Waals surface area contributed by atoms with E-state index in [1.54, 1.807) is 32.3 Å². The molecule has 13 heteroatoms. The van der Waals surface area contributed by atoms with Crippen LogP contribution in [0.25, 0.3) is 5.57 Å². The zero-order valence-corrected chi connectivity index (χ0v) is 25.0. The fourth-order valence-corrected chi connectivity index (χ4v) is 4.25. The van der Waals surface area contributed by atoms with Crippen LogP contribution in [0.15, 0.2) is 53.9 Å². The highest BCUT2D eigenvalue weighted by Gasteiger charge is 2.30. The van der Waals surface area contributed by atoms with Crippen molar-refractivity contribution in [2.45, 2.75) is 12.8 Å². The maximum atomic E-state index is 12.8. The average molecular weight is 592 g/mol. The van der Waals surface area contributed by atoms with Crippen molar-refractivity contribution in [2.75, 3.05) is 57.2 Å². The van der Waals surface area contributed by atoms with E-state index >= 15 is 0 Å². The molecule has 1 fully saturated rings. The van der Waals surface area contributed by atoms with Gasteiger partial charge in [0, 0.05) is 49.3 Å². The topological polar surface area (TPSA) is 166 Å². The number of hydrogen-bond acceptors (Lipinski definition) is 11. The number of likely N-dealkylation sites (N-methyl/N-ethyl adjacent to an activating group) is 1. The van der Waals surface area contributed by atoms with E-state index in [2.05, 4.69) is 36.8 Å². The van der Waals surface area contributed by atoms with E-state index in [4.69, 9.17) is 18.0 Å². The number of dihydropyridines is 1. The van der Waals surface area contributed by atoms with Gasteiger partial charge in [-0.15, -0.1) is 10.2 Å². The largest absolute Gasteiger partial charge is 0.401 e. The van der Waals surface area contributed by atoms with Gasteiger partial charge < -0.3 is 37.2 Å². The first-order chi connectivity index (χ1) is 20.3. The van der Waals surface area contributed by atoms with Crippen LogP contribution in [-0.4, -0.2) is 79.8 Å². The number of carbonyl (C=O) groups is 3. The SMILES string of the molecule is CNC.CNc1c(Nc2cc(NC(=O)C3CC3)nnc2C=O)cccc1C1=CC=C(C(=O)N(C)C/C(N)=C/C=S)NC1. The lowest BCUT2D eigenvalue weighted by molar-refractivity contribution is -0.126. The van der Waals surface area contributed by atoms with Crippen LogP contribution in [0.4, 0.5) is 22.9 Å². The lowest BCUT2D eigenvalue weighted by atomic mass is 9.99. The summed E-state index contributed by atoms with van der Waals surface area (Å²) in [5, 5.41) is 24.5. The number of aromatic nitrogens is 2. The molecule has 1 aliphatic heterocycles. The summed E-state index contributed by atoms with van der Waals surface area (Å²) in [6, 6.07) is 7.30. The fourth-order valence-electron chi connectivity index (χ4n) is 4.08. The number of nitrogens with one attached hydrogen (secondary N) is 5. The average Bonchev–Trinajstić information content (AvgIpc) is 3.83. The van der Waals surface area contributed by atoms with Crippen LogP contribution in [-0.2, 0) is 9.59 Å². The number of aldehydes is 1. The molecule has 0 atom stereocenters. The molecular formula is C29H37N9O3S. The number of nitrogens with zero attached hydrogens (tertiary/aromatic N) is 3. The van der Waals surface area contributed by atoms with Crippen molar-refractivity contribution in [1.82, 2.24) is 25.7 Å².